The van der Waals surface area contributed by atoms with E-state index in [4.69, 9.17) is 17.3 Å². The Bertz CT molecular complexity index is 651. The minimum absolute atomic E-state index is 0.0538. The molecule has 0 bridgehead atoms. The van der Waals surface area contributed by atoms with E-state index in [1.165, 1.54) is 5.56 Å². The second-order valence-electron chi connectivity index (χ2n) is 5.25. The Morgan fingerprint density at radius 2 is 1.71 bits per heavy atom. The molecule has 0 saturated carbocycles. The summed E-state index contributed by atoms with van der Waals surface area (Å²) in [6.07, 6.45) is 0.997. The molecular formula is C17H17ClN2O. The van der Waals surface area contributed by atoms with Gasteiger partial charge in [-0.15, -0.1) is 0 Å². The summed E-state index contributed by atoms with van der Waals surface area (Å²) < 4.78 is 0. The molecule has 1 aliphatic rings. The van der Waals surface area contributed by atoms with Crippen LogP contribution in [0.2, 0.25) is 5.02 Å². The van der Waals surface area contributed by atoms with E-state index in [-0.39, 0.29) is 11.9 Å². The van der Waals surface area contributed by atoms with Crippen LogP contribution in [0.5, 0.6) is 0 Å². The minimum Gasteiger partial charge on any atom is -0.318 e. The van der Waals surface area contributed by atoms with Crippen LogP contribution in [-0.4, -0.2) is 11.9 Å². The highest BCUT2D eigenvalue weighted by molar-refractivity contribution is 6.30. The van der Waals surface area contributed by atoms with Crippen molar-refractivity contribution in [2.45, 2.75) is 25.4 Å². The van der Waals surface area contributed by atoms with Crippen molar-refractivity contribution in [1.29, 1.82) is 0 Å². The molecule has 2 aromatic rings. The van der Waals surface area contributed by atoms with Crippen LogP contribution in [0.4, 0.5) is 5.69 Å². The lowest BCUT2D eigenvalue weighted by molar-refractivity contribution is -0.126. The molecule has 2 aromatic carbocycles. The van der Waals surface area contributed by atoms with Crippen molar-refractivity contribution < 1.29 is 4.79 Å². The van der Waals surface area contributed by atoms with Gasteiger partial charge in [-0.05, 0) is 41.8 Å². The van der Waals surface area contributed by atoms with Gasteiger partial charge >= 0.3 is 0 Å². The summed E-state index contributed by atoms with van der Waals surface area (Å²) >= 11 is 5.90. The maximum atomic E-state index is 12.1. The van der Waals surface area contributed by atoms with E-state index in [2.05, 4.69) is 31.2 Å². The third-order valence-electron chi connectivity index (χ3n) is 3.98. The van der Waals surface area contributed by atoms with E-state index in [0.29, 0.717) is 5.02 Å². The van der Waals surface area contributed by atoms with Gasteiger partial charge in [-0.2, -0.15) is 0 Å². The highest BCUT2D eigenvalue weighted by Gasteiger charge is 2.46. The quantitative estimate of drug-likeness (QED) is 0.884. The number of aryl methyl sites for hydroxylation is 1. The number of halogens is 1. The Balaban J connectivity index is 1.92. The molecule has 2 N–H and O–H groups in total. The number of rotatable bonds is 3. The molecule has 4 heteroatoms. The number of β-lactam (4-membered cyclic amide) rings is 1. The van der Waals surface area contributed by atoms with Gasteiger partial charge in [-0.25, -0.2) is 0 Å². The fourth-order valence-electron chi connectivity index (χ4n) is 2.71. The first kappa shape index (κ1) is 14.1. The highest BCUT2D eigenvalue weighted by Crippen LogP contribution is 2.38. The molecule has 3 nitrogen and oxygen atoms in total. The third-order valence-corrected chi connectivity index (χ3v) is 4.23. The van der Waals surface area contributed by atoms with Crippen LogP contribution in [0.15, 0.2) is 48.5 Å². The number of anilines is 1. The zero-order chi connectivity index (χ0) is 15.0. The third kappa shape index (κ3) is 2.43. The van der Waals surface area contributed by atoms with Crippen molar-refractivity contribution in [3.63, 3.8) is 0 Å². The Kier molecular flexibility index (Phi) is 3.70. The van der Waals surface area contributed by atoms with E-state index in [0.717, 1.165) is 17.7 Å². The molecule has 21 heavy (non-hydrogen) atoms. The molecule has 0 spiro atoms. The minimum atomic E-state index is -0.479. The number of nitrogens with two attached hydrogens (primary N) is 1. The van der Waals surface area contributed by atoms with Crippen LogP contribution in [0.1, 0.15) is 24.1 Å². The number of benzene rings is 2. The van der Waals surface area contributed by atoms with E-state index < -0.39 is 6.04 Å². The van der Waals surface area contributed by atoms with Gasteiger partial charge in [0.2, 0.25) is 5.91 Å². The second kappa shape index (κ2) is 5.51. The van der Waals surface area contributed by atoms with Gasteiger partial charge in [-0.1, -0.05) is 42.8 Å². The lowest BCUT2D eigenvalue weighted by atomic mass is 9.88. The average Bonchev–Trinajstić information content (AvgIpc) is 2.53. The van der Waals surface area contributed by atoms with Gasteiger partial charge in [0.05, 0.1) is 6.04 Å². The first-order chi connectivity index (χ1) is 10.1. The van der Waals surface area contributed by atoms with Crippen molar-refractivity contribution >= 4 is 23.2 Å². The van der Waals surface area contributed by atoms with Gasteiger partial charge in [0, 0.05) is 10.7 Å². The predicted molar refractivity (Wildman–Crippen MR) is 85.5 cm³/mol. The van der Waals surface area contributed by atoms with Crippen molar-refractivity contribution in [1.82, 2.24) is 0 Å². The topological polar surface area (TPSA) is 46.3 Å². The fraction of sp³-hybridized carbons (Fsp3) is 0.235. The van der Waals surface area contributed by atoms with Gasteiger partial charge in [-0.3, -0.25) is 4.79 Å². The predicted octanol–water partition coefficient (Wildman–Crippen LogP) is 3.32. The summed E-state index contributed by atoms with van der Waals surface area (Å²) in [5, 5.41) is 0.653. The van der Waals surface area contributed by atoms with E-state index in [1.54, 1.807) is 17.0 Å². The van der Waals surface area contributed by atoms with Crippen molar-refractivity contribution in [2.24, 2.45) is 5.73 Å². The molecular weight excluding hydrogens is 284 g/mol. The van der Waals surface area contributed by atoms with Crippen LogP contribution >= 0.6 is 11.6 Å². The van der Waals surface area contributed by atoms with Crippen LogP contribution in [-0.2, 0) is 11.2 Å². The van der Waals surface area contributed by atoms with Gasteiger partial charge in [0.15, 0.2) is 0 Å². The van der Waals surface area contributed by atoms with Crippen molar-refractivity contribution in [3.05, 3.63) is 64.7 Å². The number of carbonyl (C=O) groups excluding carboxylic acids is 1. The number of hydrogen-bond acceptors (Lipinski definition) is 2. The van der Waals surface area contributed by atoms with E-state index in [1.807, 2.05) is 12.1 Å². The SMILES string of the molecule is CCc1ccc([C@@H]2[C@H](N)C(=O)N2c2ccc(Cl)cc2)cc1. The molecule has 0 radical (unpaired) electrons. The van der Waals surface area contributed by atoms with E-state index >= 15 is 0 Å². The fourth-order valence-corrected chi connectivity index (χ4v) is 2.83. The molecule has 1 saturated heterocycles. The molecule has 1 amide bonds. The molecule has 0 unspecified atom stereocenters. The number of nitrogens with zero attached hydrogens (tertiary/aromatic N) is 1. The second-order valence-corrected chi connectivity index (χ2v) is 5.69. The smallest absolute Gasteiger partial charge is 0.247 e. The van der Waals surface area contributed by atoms with Crippen molar-refractivity contribution in [2.75, 3.05) is 4.90 Å². The maximum absolute atomic E-state index is 12.1. The molecule has 2 atom stereocenters. The van der Waals surface area contributed by atoms with Gasteiger partial charge in [0.1, 0.15) is 6.04 Å². The largest absolute Gasteiger partial charge is 0.318 e. The van der Waals surface area contributed by atoms with Crippen LogP contribution in [0.3, 0.4) is 0 Å². The molecule has 1 fully saturated rings. The van der Waals surface area contributed by atoms with Crippen LogP contribution < -0.4 is 10.6 Å². The standard InChI is InChI=1S/C17H17ClN2O/c1-2-11-3-5-12(6-4-11)16-15(19)17(21)20(16)14-9-7-13(18)8-10-14/h3-10,15-16H,2,19H2,1H3/t15-,16+/m0/s1. The summed E-state index contributed by atoms with van der Waals surface area (Å²) in [7, 11) is 0. The summed E-state index contributed by atoms with van der Waals surface area (Å²) in [5.74, 6) is -0.0538. The van der Waals surface area contributed by atoms with Crippen LogP contribution in [0, 0.1) is 0 Å². The molecule has 1 heterocycles. The summed E-state index contributed by atoms with van der Waals surface area (Å²) in [5.41, 5.74) is 9.18. The zero-order valence-electron chi connectivity index (χ0n) is 11.8. The summed E-state index contributed by atoms with van der Waals surface area (Å²) in [4.78, 5) is 13.9. The monoisotopic (exact) mass is 300 g/mol. The highest BCUT2D eigenvalue weighted by atomic mass is 35.5. The molecule has 108 valence electrons. The average molecular weight is 301 g/mol. The zero-order valence-corrected chi connectivity index (χ0v) is 12.5. The summed E-state index contributed by atoms with van der Waals surface area (Å²) in [6.45, 7) is 2.12. The summed E-state index contributed by atoms with van der Waals surface area (Å²) in [6, 6.07) is 15.0. The maximum Gasteiger partial charge on any atom is 0.247 e. The molecule has 0 aliphatic carbocycles. The number of amides is 1. The Morgan fingerprint density at radius 1 is 1.10 bits per heavy atom. The Labute approximate surface area is 129 Å². The lowest BCUT2D eigenvalue weighted by Crippen LogP contribution is -2.63. The molecule has 3 rings (SSSR count). The Hall–Kier alpha value is -1.84. The van der Waals surface area contributed by atoms with Crippen LogP contribution in [0.25, 0.3) is 0 Å². The van der Waals surface area contributed by atoms with E-state index in [9.17, 15) is 4.79 Å². The number of carbonyl (C=O) groups is 1. The molecule has 1 aliphatic heterocycles. The lowest BCUT2D eigenvalue weighted by Gasteiger charge is -2.45. The first-order valence-corrected chi connectivity index (χ1v) is 7.42. The molecule has 0 aromatic heterocycles. The Morgan fingerprint density at radius 3 is 2.29 bits per heavy atom. The van der Waals surface area contributed by atoms with Gasteiger partial charge < -0.3 is 10.6 Å². The van der Waals surface area contributed by atoms with Crippen molar-refractivity contribution in [3.8, 4) is 0 Å². The first-order valence-electron chi connectivity index (χ1n) is 7.05. The number of hydrogen-bond donors (Lipinski definition) is 1. The van der Waals surface area contributed by atoms with Gasteiger partial charge in [0.25, 0.3) is 0 Å². The normalized spacial score (nSPS) is 21.3.